The average molecular weight is 320 g/mol. The van der Waals surface area contributed by atoms with Gasteiger partial charge < -0.3 is 9.79 Å². The molecular formula is C14H13N2O3PS. The van der Waals surface area contributed by atoms with E-state index in [-0.39, 0.29) is 6.16 Å². The van der Waals surface area contributed by atoms with Crippen molar-refractivity contribution in [1.29, 1.82) is 0 Å². The van der Waals surface area contributed by atoms with Crippen molar-refractivity contribution in [2.24, 2.45) is 0 Å². The summed E-state index contributed by atoms with van der Waals surface area (Å²) in [5.74, 6) is 0. The zero-order valence-electron chi connectivity index (χ0n) is 11.2. The lowest BCUT2D eigenvalue weighted by molar-refractivity contribution is 0.372. The van der Waals surface area contributed by atoms with E-state index in [1.807, 2.05) is 31.2 Å². The molecule has 0 bridgehead atoms. The molecule has 0 saturated carbocycles. The van der Waals surface area contributed by atoms with Gasteiger partial charge in [0.15, 0.2) is 0 Å². The van der Waals surface area contributed by atoms with Crippen LogP contribution in [0.2, 0.25) is 0 Å². The van der Waals surface area contributed by atoms with Crippen LogP contribution in [-0.2, 0) is 10.7 Å². The standard InChI is InChI=1S/C14H13N2O3PS/c1-9-2-4-10(5-3-9)13-12(7-20(17,18)19)11-6-15-8-16-14(11)21-13/h2-6,8H,7H2,1H3,(H2,17,18,19). The predicted octanol–water partition coefficient (Wildman–Crippen LogP) is 3.34. The quantitative estimate of drug-likeness (QED) is 0.723. The van der Waals surface area contributed by atoms with Crippen LogP contribution < -0.4 is 0 Å². The van der Waals surface area contributed by atoms with Crippen LogP contribution in [0, 0.1) is 6.92 Å². The number of thiophene rings is 1. The Labute approximate surface area is 125 Å². The summed E-state index contributed by atoms with van der Waals surface area (Å²) < 4.78 is 11.4. The number of benzene rings is 1. The van der Waals surface area contributed by atoms with Gasteiger partial charge >= 0.3 is 7.60 Å². The molecule has 21 heavy (non-hydrogen) atoms. The van der Waals surface area contributed by atoms with Gasteiger partial charge in [0.1, 0.15) is 11.2 Å². The van der Waals surface area contributed by atoms with E-state index >= 15 is 0 Å². The third-order valence-corrected chi connectivity index (χ3v) is 5.08. The minimum Gasteiger partial charge on any atom is -0.324 e. The molecule has 0 amide bonds. The highest BCUT2D eigenvalue weighted by Gasteiger charge is 2.22. The number of rotatable bonds is 3. The summed E-state index contributed by atoms with van der Waals surface area (Å²) in [6.07, 6.45) is 2.75. The van der Waals surface area contributed by atoms with Crippen molar-refractivity contribution in [2.45, 2.75) is 13.1 Å². The van der Waals surface area contributed by atoms with Crippen LogP contribution in [0.5, 0.6) is 0 Å². The van der Waals surface area contributed by atoms with Crippen LogP contribution in [0.1, 0.15) is 11.1 Å². The molecule has 2 N–H and O–H groups in total. The van der Waals surface area contributed by atoms with Crippen molar-refractivity contribution in [3.05, 3.63) is 47.9 Å². The largest absolute Gasteiger partial charge is 0.329 e. The van der Waals surface area contributed by atoms with Crippen molar-refractivity contribution in [1.82, 2.24) is 9.97 Å². The molecule has 0 spiro atoms. The van der Waals surface area contributed by atoms with E-state index in [4.69, 9.17) is 0 Å². The van der Waals surface area contributed by atoms with Gasteiger partial charge in [-0.05, 0) is 18.1 Å². The van der Waals surface area contributed by atoms with E-state index in [1.165, 1.54) is 17.7 Å². The van der Waals surface area contributed by atoms with Gasteiger partial charge in [0.05, 0.1) is 6.16 Å². The Kier molecular flexibility index (Phi) is 3.63. The zero-order valence-corrected chi connectivity index (χ0v) is 12.9. The molecule has 0 fully saturated rings. The highest BCUT2D eigenvalue weighted by molar-refractivity contribution is 7.51. The molecule has 0 atom stereocenters. The summed E-state index contributed by atoms with van der Waals surface area (Å²) in [4.78, 5) is 28.4. The number of aryl methyl sites for hydroxylation is 1. The van der Waals surface area contributed by atoms with Gasteiger partial charge in [-0.2, -0.15) is 0 Å². The molecule has 108 valence electrons. The number of aromatic nitrogens is 2. The van der Waals surface area contributed by atoms with E-state index in [9.17, 15) is 14.4 Å². The number of nitrogens with zero attached hydrogens (tertiary/aromatic N) is 2. The summed E-state index contributed by atoms with van der Waals surface area (Å²) in [6, 6.07) is 7.87. The summed E-state index contributed by atoms with van der Waals surface area (Å²) in [7, 11) is -4.16. The first-order chi connectivity index (χ1) is 9.94. The molecule has 2 aromatic heterocycles. The lowest BCUT2D eigenvalue weighted by Crippen LogP contribution is -1.89. The highest BCUT2D eigenvalue weighted by atomic mass is 32.1. The second-order valence-electron chi connectivity index (χ2n) is 4.84. The summed E-state index contributed by atoms with van der Waals surface area (Å²) in [5, 5.41) is 0.710. The summed E-state index contributed by atoms with van der Waals surface area (Å²) in [6.45, 7) is 2.00. The molecule has 0 unspecified atom stereocenters. The maximum absolute atomic E-state index is 11.4. The zero-order chi connectivity index (χ0) is 15.0. The maximum atomic E-state index is 11.4. The molecule has 0 aliphatic heterocycles. The average Bonchev–Trinajstić information content (AvgIpc) is 2.77. The van der Waals surface area contributed by atoms with Crippen LogP contribution in [0.3, 0.4) is 0 Å². The fourth-order valence-electron chi connectivity index (χ4n) is 2.19. The predicted molar refractivity (Wildman–Crippen MR) is 83.3 cm³/mol. The molecule has 5 nitrogen and oxygen atoms in total. The second-order valence-corrected chi connectivity index (χ2v) is 7.48. The van der Waals surface area contributed by atoms with Gasteiger partial charge in [0.2, 0.25) is 0 Å². The topological polar surface area (TPSA) is 83.3 Å². The first-order valence-electron chi connectivity index (χ1n) is 6.27. The molecule has 1 aromatic carbocycles. The molecule has 0 aliphatic carbocycles. The molecule has 0 radical (unpaired) electrons. The van der Waals surface area contributed by atoms with Crippen LogP contribution in [0.15, 0.2) is 36.8 Å². The van der Waals surface area contributed by atoms with Crippen molar-refractivity contribution in [3.8, 4) is 10.4 Å². The van der Waals surface area contributed by atoms with Crippen LogP contribution >= 0.6 is 18.9 Å². The lowest BCUT2D eigenvalue weighted by atomic mass is 10.1. The first-order valence-corrected chi connectivity index (χ1v) is 8.88. The van der Waals surface area contributed by atoms with E-state index in [2.05, 4.69) is 9.97 Å². The smallest absolute Gasteiger partial charge is 0.324 e. The molecule has 0 saturated heterocycles. The number of hydrogen-bond donors (Lipinski definition) is 2. The van der Waals surface area contributed by atoms with Crippen molar-refractivity contribution in [2.75, 3.05) is 0 Å². The monoisotopic (exact) mass is 320 g/mol. The lowest BCUT2D eigenvalue weighted by Gasteiger charge is -2.07. The normalized spacial score (nSPS) is 12.0. The van der Waals surface area contributed by atoms with Crippen LogP contribution in [-0.4, -0.2) is 19.8 Å². The van der Waals surface area contributed by atoms with Gasteiger partial charge in [-0.15, -0.1) is 11.3 Å². The van der Waals surface area contributed by atoms with Crippen LogP contribution in [0.4, 0.5) is 0 Å². The van der Waals surface area contributed by atoms with Gasteiger partial charge in [-0.3, -0.25) is 4.57 Å². The summed E-state index contributed by atoms with van der Waals surface area (Å²) >= 11 is 1.43. The van der Waals surface area contributed by atoms with Gasteiger partial charge in [0.25, 0.3) is 0 Å². The molecule has 7 heteroatoms. The number of fused-ring (bicyclic) bond motifs is 1. The van der Waals surface area contributed by atoms with E-state index in [0.717, 1.165) is 20.8 Å². The SMILES string of the molecule is Cc1ccc(-c2sc3ncncc3c2CP(=O)(O)O)cc1. The third kappa shape index (κ3) is 3.04. The summed E-state index contributed by atoms with van der Waals surface area (Å²) in [5.41, 5.74) is 2.69. The van der Waals surface area contributed by atoms with Crippen molar-refractivity contribution >= 4 is 29.1 Å². The fraction of sp³-hybridized carbons (Fsp3) is 0.143. The Morgan fingerprint density at radius 1 is 1.24 bits per heavy atom. The first kappa shape index (κ1) is 14.4. The van der Waals surface area contributed by atoms with Gasteiger partial charge in [-0.1, -0.05) is 29.8 Å². The Balaban J connectivity index is 2.23. The van der Waals surface area contributed by atoms with Crippen molar-refractivity contribution < 1.29 is 14.4 Å². The van der Waals surface area contributed by atoms with Gasteiger partial charge in [-0.25, -0.2) is 9.97 Å². The van der Waals surface area contributed by atoms with E-state index in [0.29, 0.717) is 10.9 Å². The third-order valence-electron chi connectivity index (χ3n) is 3.15. The molecule has 0 aliphatic rings. The highest BCUT2D eigenvalue weighted by Crippen LogP contribution is 2.47. The Bertz CT molecular complexity index is 839. The Hall–Kier alpha value is -1.59. The maximum Gasteiger partial charge on any atom is 0.329 e. The Morgan fingerprint density at radius 2 is 1.95 bits per heavy atom. The molecule has 2 heterocycles. The molecular weight excluding hydrogens is 307 g/mol. The van der Waals surface area contributed by atoms with E-state index in [1.54, 1.807) is 6.20 Å². The van der Waals surface area contributed by atoms with Gasteiger partial charge in [0, 0.05) is 16.5 Å². The van der Waals surface area contributed by atoms with E-state index < -0.39 is 7.60 Å². The minimum atomic E-state index is -4.16. The fourth-order valence-corrected chi connectivity index (χ4v) is 4.17. The van der Waals surface area contributed by atoms with Crippen LogP contribution in [0.25, 0.3) is 20.7 Å². The molecule has 3 aromatic rings. The number of hydrogen-bond acceptors (Lipinski definition) is 4. The minimum absolute atomic E-state index is 0.302. The molecule has 3 rings (SSSR count). The second kappa shape index (κ2) is 5.31. The van der Waals surface area contributed by atoms with Crippen molar-refractivity contribution in [3.63, 3.8) is 0 Å². The Morgan fingerprint density at radius 3 is 2.62 bits per heavy atom.